The second-order valence-corrected chi connectivity index (χ2v) is 6.83. The summed E-state index contributed by atoms with van der Waals surface area (Å²) in [6.07, 6.45) is 0. The Morgan fingerprint density at radius 2 is 1.72 bits per heavy atom. The smallest absolute Gasteiger partial charge is 0.194 e. The van der Waals surface area contributed by atoms with E-state index >= 15 is 0 Å². The van der Waals surface area contributed by atoms with Crippen LogP contribution in [0.25, 0.3) is 0 Å². The average Bonchev–Trinajstić information content (AvgIpc) is 2.76. The number of halogens is 1. The van der Waals surface area contributed by atoms with Gasteiger partial charge in [0, 0.05) is 51.9 Å². The van der Waals surface area contributed by atoms with Gasteiger partial charge in [0.2, 0.25) is 0 Å². The molecule has 0 spiro atoms. The molecule has 3 rings (SSSR count). The summed E-state index contributed by atoms with van der Waals surface area (Å²) in [5, 5.41) is 3.47. The van der Waals surface area contributed by atoms with E-state index in [-0.39, 0.29) is 24.0 Å². The van der Waals surface area contributed by atoms with Crippen molar-refractivity contribution in [3.63, 3.8) is 0 Å². The van der Waals surface area contributed by atoms with Gasteiger partial charge in [-0.1, -0.05) is 30.3 Å². The normalized spacial score (nSPS) is 14.9. The van der Waals surface area contributed by atoms with Crippen molar-refractivity contribution in [2.45, 2.75) is 13.1 Å². The topological polar surface area (TPSA) is 49.3 Å². The van der Waals surface area contributed by atoms with Gasteiger partial charge in [0.1, 0.15) is 11.5 Å². The second-order valence-electron chi connectivity index (χ2n) is 6.83. The van der Waals surface area contributed by atoms with Gasteiger partial charge < -0.3 is 19.7 Å². The number of piperazine rings is 1. The van der Waals surface area contributed by atoms with Gasteiger partial charge in [0.05, 0.1) is 14.2 Å². The summed E-state index contributed by atoms with van der Waals surface area (Å²) >= 11 is 0. The number of nitrogens with one attached hydrogen (secondary N) is 1. The van der Waals surface area contributed by atoms with Gasteiger partial charge in [-0.15, -0.1) is 24.0 Å². The number of rotatable bonds is 6. The van der Waals surface area contributed by atoms with E-state index in [2.05, 4.69) is 50.4 Å². The SMILES string of the molecule is CN=C(NCc1ccccc1)N1CCN(Cc2cc(OC)ccc2OC)CC1.I. The molecule has 0 atom stereocenters. The van der Waals surface area contributed by atoms with E-state index in [1.807, 2.05) is 25.2 Å². The molecule has 158 valence electrons. The lowest BCUT2D eigenvalue weighted by molar-refractivity contribution is 0.171. The van der Waals surface area contributed by atoms with Gasteiger partial charge in [-0.3, -0.25) is 9.89 Å². The molecule has 2 aromatic rings. The summed E-state index contributed by atoms with van der Waals surface area (Å²) in [4.78, 5) is 9.23. The Morgan fingerprint density at radius 3 is 2.34 bits per heavy atom. The van der Waals surface area contributed by atoms with Crippen LogP contribution in [0.2, 0.25) is 0 Å². The Morgan fingerprint density at radius 1 is 1.00 bits per heavy atom. The molecule has 7 heteroatoms. The lowest BCUT2D eigenvalue weighted by atomic mass is 10.1. The molecule has 1 aliphatic heterocycles. The maximum absolute atomic E-state index is 5.52. The molecule has 2 aromatic carbocycles. The zero-order valence-electron chi connectivity index (χ0n) is 17.4. The molecule has 0 amide bonds. The van der Waals surface area contributed by atoms with Crippen molar-refractivity contribution in [2.24, 2.45) is 4.99 Å². The highest BCUT2D eigenvalue weighted by Crippen LogP contribution is 2.25. The van der Waals surface area contributed by atoms with E-state index in [1.165, 1.54) is 5.56 Å². The van der Waals surface area contributed by atoms with Crippen molar-refractivity contribution in [3.8, 4) is 11.5 Å². The molecule has 1 heterocycles. The lowest BCUT2D eigenvalue weighted by Crippen LogP contribution is -2.52. The molecule has 0 aliphatic carbocycles. The number of ether oxygens (including phenoxy) is 2. The Bertz CT molecular complexity index is 778. The maximum atomic E-state index is 5.52. The van der Waals surface area contributed by atoms with Gasteiger partial charge in [-0.05, 0) is 23.8 Å². The highest BCUT2D eigenvalue weighted by atomic mass is 127. The summed E-state index contributed by atoms with van der Waals surface area (Å²) in [6.45, 7) is 5.49. The molecule has 29 heavy (non-hydrogen) atoms. The average molecular weight is 510 g/mol. The molecule has 1 fully saturated rings. The molecule has 1 aliphatic rings. The Balaban J connectivity index is 0.00000300. The first kappa shape index (κ1) is 23.3. The molecule has 6 nitrogen and oxygen atoms in total. The van der Waals surface area contributed by atoms with Gasteiger partial charge in [-0.25, -0.2) is 0 Å². The fourth-order valence-electron chi connectivity index (χ4n) is 3.47. The fourth-order valence-corrected chi connectivity index (χ4v) is 3.47. The van der Waals surface area contributed by atoms with E-state index in [0.29, 0.717) is 0 Å². The zero-order chi connectivity index (χ0) is 19.8. The number of benzene rings is 2. The van der Waals surface area contributed by atoms with Crippen LogP contribution in [-0.2, 0) is 13.1 Å². The molecule has 0 radical (unpaired) electrons. The van der Waals surface area contributed by atoms with Crippen LogP contribution in [0.4, 0.5) is 0 Å². The maximum Gasteiger partial charge on any atom is 0.194 e. The largest absolute Gasteiger partial charge is 0.497 e. The van der Waals surface area contributed by atoms with E-state index in [4.69, 9.17) is 9.47 Å². The predicted octanol–water partition coefficient (Wildman–Crippen LogP) is 3.22. The van der Waals surface area contributed by atoms with Crippen LogP contribution >= 0.6 is 24.0 Å². The minimum atomic E-state index is 0. The van der Waals surface area contributed by atoms with Crippen LogP contribution in [-0.4, -0.2) is 63.2 Å². The lowest BCUT2D eigenvalue weighted by Gasteiger charge is -2.36. The number of methoxy groups -OCH3 is 2. The minimum Gasteiger partial charge on any atom is -0.497 e. The van der Waals surface area contributed by atoms with E-state index in [1.54, 1.807) is 14.2 Å². The summed E-state index contributed by atoms with van der Waals surface area (Å²) in [5.74, 6) is 2.73. The highest BCUT2D eigenvalue weighted by Gasteiger charge is 2.20. The minimum absolute atomic E-state index is 0. The quantitative estimate of drug-likeness (QED) is 0.368. The third-order valence-corrected chi connectivity index (χ3v) is 5.06. The zero-order valence-corrected chi connectivity index (χ0v) is 19.8. The number of hydrogen-bond donors (Lipinski definition) is 1. The van der Waals surface area contributed by atoms with Crippen LogP contribution in [0, 0.1) is 0 Å². The van der Waals surface area contributed by atoms with Crippen molar-refractivity contribution in [1.29, 1.82) is 0 Å². The van der Waals surface area contributed by atoms with Gasteiger partial charge in [0.25, 0.3) is 0 Å². The first-order chi connectivity index (χ1) is 13.7. The van der Waals surface area contributed by atoms with Gasteiger partial charge in [-0.2, -0.15) is 0 Å². The van der Waals surface area contributed by atoms with Crippen LogP contribution < -0.4 is 14.8 Å². The summed E-state index contributed by atoms with van der Waals surface area (Å²) in [5.41, 5.74) is 2.41. The molecule has 1 N–H and O–H groups in total. The summed E-state index contributed by atoms with van der Waals surface area (Å²) in [7, 11) is 5.25. The van der Waals surface area contributed by atoms with Crippen molar-refractivity contribution < 1.29 is 9.47 Å². The van der Waals surface area contributed by atoms with Gasteiger partial charge >= 0.3 is 0 Å². The monoisotopic (exact) mass is 510 g/mol. The Labute approximate surface area is 190 Å². The first-order valence-electron chi connectivity index (χ1n) is 9.66. The van der Waals surface area contributed by atoms with Crippen LogP contribution in [0.3, 0.4) is 0 Å². The molecular weight excluding hydrogens is 479 g/mol. The Hall–Kier alpha value is -2.00. The molecule has 0 unspecified atom stereocenters. The number of nitrogens with zero attached hydrogens (tertiary/aromatic N) is 3. The number of hydrogen-bond acceptors (Lipinski definition) is 4. The van der Waals surface area contributed by atoms with Crippen molar-refractivity contribution in [1.82, 2.24) is 15.1 Å². The molecule has 1 saturated heterocycles. The summed E-state index contributed by atoms with van der Waals surface area (Å²) in [6, 6.07) is 16.4. The van der Waals surface area contributed by atoms with Gasteiger partial charge in [0.15, 0.2) is 5.96 Å². The number of guanidine groups is 1. The molecule has 0 aromatic heterocycles. The fraction of sp³-hybridized carbons (Fsp3) is 0.409. The third kappa shape index (κ3) is 6.50. The van der Waals surface area contributed by atoms with Crippen LogP contribution in [0.5, 0.6) is 11.5 Å². The van der Waals surface area contributed by atoms with Crippen molar-refractivity contribution in [2.75, 3.05) is 47.4 Å². The van der Waals surface area contributed by atoms with Crippen molar-refractivity contribution in [3.05, 3.63) is 59.7 Å². The van der Waals surface area contributed by atoms with Crippen LogP contribution in [0.15, 0.2) is 53.5 Å². The molecule has 0 saturated carbocycles. The van der Waals surface area contributed by atoms with E-state index in [0.717, 1.165) is 62.3 Å². The highest BCUT2D eigenvalue weighted by molar-refractivity contribution is 14.0. The molecule has 0 bridgehead atoms. The second kappa shape index (κ2) is 11.9. The van der Waals surface area contributed by atoms with Crippen molar-refractivity contribution >= 4 is 29.9 Å². The Kier molecular flexibility index (Phi) is 9.53. The van der Waals surface area contributed by atoms with E-state index < -0.39 is 0 Å². The standard InChI is InChI=1S/C22H30N4O2.HI/c1-23-22(24-16-18-7-5-4-6-8-18)26-13-11-25(12-14-26)17-19-15-20(27-2)9-10-21(19)28-3;/h4-10,15H,11-14,16-17H2,1-3H3,(H,23,24);1H. The first-order valence-corrected chi connectivity index (χ1v) is 9.66. The number of aliphatic imine (C=N–C) groups is 1. The summed E-state index contributed by atoms with van der Waals surface area (Å²) < 4.78 is 10.9. The molecular formula is C22H31IN4O2. The predicted molar refractivity (Wildman–Crippen MR) is 128 cm³/mol. The third-order valence-electron chi connectivity index (χ3n) is 5.06. The van der Waals surface area contributed by atoms with Crippen LogP contribution in [0.1, 0.15) is 11.1 Å². The van der Waals surface area contributed by atoms with E-state index in [9.17, 15) is 0 Å².